The smallest absolute Gasteiger partial charge is 0.255 e. The second kappa shape index (κ2) is 37600. The van der Waals surface area contributed by atoms with Crippen LogP contribution in [0.3, 0.4) is 0 Å². The van der Waals surface area contributed by atoms with Crippen molar-refractivity contribution in [2.75, 3.05) is 0 Å². The molecule has 6 heteroatoms. The molecule has 0 bridgehead atoms. The average molecular weight is 158 g/mol. The van der Waals surface area contributed by atoms with E-state index in [4.69, 9.17) is 30.0 Å². The molecule has 0 radical (unpaired) electrons. The highest BCUT2D eigenvalue weighted by molar-refractivity contribution is 5.20. The Kier molecular flexibility index (Phi) is 248000. The fraction of sp³-hybridized carbons (Fsp3) is 0.750. The number of hydrogen-bond donors (Lipinski definition) is 2. The highest BCUT2D eigenvalue weighted by atomic mass is 17.0. The van der Waals surface area contributed by atoms with Crippen LogP contribution >= 0.6 is 0 Å². The van der Waals surface area contributed by atoms with Gasteiger partial charge in [-0.15, -0.1) is 0 Å². The van der Waals surface area contributed by atoms with Crippen LogP contribution in [0.5, 0.6) is 0 Å². The molecule has 0 aliphatic carbocycles. The Morgan fingerprint density at radius 3 is 0.800 bits per heavy atom. The van der Waals surface area contributed by atoms with Crippen molar-refractivity contribution in [2.24, 2.45) is 0 Å². The molecule has 0 saturated heterocycles. The van der Waals surface area contributed by atoms with Crippen molar-refractivity contribution < 1.29 is 20.1 Å². The predicted molar refractivity (Wildman–Crippen MR) is 37.2 cm³/mol. The summed E-state index contributed by atoms with van der Waals surface area (Å²) >= 11 is 0. The average Bonchev–Trinajstić information content (AvgIpc) is 1.78. The van der Waals surface area contributed by atoms with Crippen LogP contribution in [0.15, 0.2) is 0 Å². The summed E-state index contributed by atoms with van der Waals surface area (Å²) in [4.78, 5) is 30.2. The first kappa shape index (κ1) is 66.0. The number of carbonyl (C=O) groups excluding carboxylic acids is 2. The molecule has 10 heavy (non-hydrogen) atoms. The third-order valence-electron chi connectivity index (χ3n) is 0. The van der Waals surface area contributed by atoms with E-state index in [0.717, 1.165) is 0 Å². The van der Waals surface area contributed by atoms with E-state index in [1.165, 1.54) is 0 Å². The second-order valence-corrected chi connectivity index (χ2v) is 0.0833. The largest absolute Gasteiger partial charge is 0.373 e. The molecule has 0 fully saturated rings. The molecule has 66 valence electrons. The van der Waals surface area contributed by atoms with Crippen LogP contribution in [0.1, 0.15) is 22.3 Å². The quantitative estimate of drug-likeness (QED) is 0.407. The molecule has 0 aliphatic heterocycles. The molecule has 2 N–H and O–H groups in total. The van der Waals surface area contributed by atoms with E-state index >= 15 is 0 Å². The maximum absolute atomic E-state index is 8.12. The Morgan fingerprint density at radius 2 is 0.800 bits per heavy atom. The van der Waals surface area contributed by atoms with Crippen LogP contribution < -0.4 is 0 Å². The third kappa shape index (κ3) is 199. The molecule has 0 spiro atoms. The van der Waals surface area contributed by atoms with Crippen LogP contribution in [0.25, 0.3) is 0 Å². The summed E-state index contributed by atoms with van der Waals surface area (Å²) in [6.45, 7) is 0. The van der Waals surface area contributed by atoms with E-state index in [1.807, 2.05) is 0 Å². The molecule has 0 rings (SSSR count). The molecule has 0 saturated carbocycles. The Morgan fingerprint density at radius 1 is 0.800 bits per heavy atom. The number of rotatable bonds is 0. The van der Waals surface area contributed by atoms with Crippen LogP contribution in [-0.2, 0) is 9.59 Å². The van der Waals surface area contributed by atoms with Crippen molar-refractivity contribution in [3.05, 3.63) is 9.93 Å². The summed E-state index contributed by atoms with van der Waals surface area (Å²) in [6.07, 6.45) is 0.250. The summed E-state index contributed by atoms with van der Waals surface area (Å²) in [6, 6.07) is 0. The van der Waals surface area contributed by atoms with Gasteiger partial charge in [0, 0.05) is 9.93 Å². The molecular weight excluding hydrogens is 144 g/mol. The summed E-state index contributed by atoms with van der Waals surface area (Å²) in [5.41, 5.74) is 0. The minimum absolute atomic E-state index is 0. The molecule has 0 heterocycles. The van der Waals surface area contributed by atoms with E-state index in [1.54, 1.807) is 0 Å². The monoisotopic (exact) mass is 158 g/mol. The first-order chi connectivity index (χ1) is 3.41. The van der Waals surface area contributed by atoms with Crippen molar-refractivity contribution in [1.82, 2.24) is 0 Å². The fourth-order valence-electron chi connectivity index (χ4n) is 0. The normalized spacial score (nSPS) is 1.80. The zero-order valence-corrected chi connectivity index (χ0v) is 3.03. The third-order valence-corrected chi connectivity index (χ3v) is 0. The first-order valence-corrected chi connectivity index (χ1v) is 0.775. The molecule has 0 aromatic rings. The summed E-state index contributed by atoms with van der Waals surface area (Å²) in [7, 11) is 0. The van der Waals surface area contributed by atoms with Gasteiger partial charge in [-0.3, -0.25) is 10.5 Å². The lowest BCUT2D eigenvalue weighted by atomic mass is 11.8. The van der Waals surface area contributed by atoms with Gasteiger partial charge in [-0.25, -0.2) is 0 Å². The summed E-state index contributed by atoms with van der Waals surface area (Å²) < 4.78 is 0. The summed E-state index contributed by atoms with van der Waals surface area (Å²) in [5.74, 6) is 0. The summed E-state index contributed by atoms with van der Waals surface area (Å²) in [5, 5.41) is 12.0. The first-order valence-electron chi connectivity index (χ1n) is 0.775. The molecule has 0 atom stereocenters. The van der Waals surface area contributed by atoms with E-state index in [-0.39, 0.29) is 28.4 Å². The Balaban J connectivity index is -0.00000000536. The van der Waals surface area contributed by atoms with Gasteiger partial charge in [-0.2, -0.15) is 9.59 Å². The molecule has 0 aromatic carbocycles. The lowest BCUT2D eigenvalue weighted by Gasteiger charge is -1.25. The van der Waals surface area contributed by atoms with E-state index in [0.29, 0.717) is 0 Å². The fourth-order valence-corrected chi connectivity index (χ4v) is 0. The van der Waals surface area contributed by atoms with Crippen molar-refractivity contribution in [3.8, 4) is 0 Å². The Hall–Kier alpha value is -1.10. The molecule has 0 aliphatic rings. The van der Waals surface area contributed by atoms with Gasteiger partial charge in [0.05, 0.1) is 0 Å². The van der Waals surface area contributed by atoms with Gasteiger partial charge in [0.25, 0.3) is 0 Å². The zero-order chi connectivity index (χ0) is 6.71. The molecule has 0 amide bonds. The maximum atomic E-state index is 8.12. The molecular formula is C4H14O6. The number of hydrogen-bond acceptors (Lipinski definition) is 6. The lowest BCUT2D eigenvalue weighted by Crippen LogP contribution is -1.29. The minimum atomic E-state index is 0. The van der Waals surface area contributed by atoms with Gasteiger partial charge < -0.3 is 0 Å². The van der Waals surface area contributed by atoms with E-state index in [2.05, 4.69) is 0 Å². The Bertz CT molecular complexity index is 39.0. The molecule has 6 nitrogen and oxygen atoms in total. The van der Waals surface area contributed by atoms with Crippen LogP contribution in [-0.4, -0.2) is 16.7 Å². The predicted octanol–water partition coefficient (Wildman–Crippen LogP) is 1.41. The molecule has 0 unspecified atom stereocenters. The lowest BCUT2D eigenvalue weighted by molar-refractivity contribution is -0.191. The molecule has 0 aromatic heterocycles. The van der Waals surface area contributed by atoms with Crippen LogP contribution in [0.4, 0.5) is 0 Å². The highest BCUT2D eigenvalue weighted by Crippen LogP contribution is 0.787. The Labute approximate surface area is 59.6 Å². The van der Waals surface area contributed by atoms with Gasteiger partial charge >= 0.3 is 6.15 Å². The van der Waals surface area contributed by atoms with Gasteiger partial charge in [-0.1, -0.05) is 22.3 Å². The van der Waals surface area contributed by atoms with E-state index < -0.39 is 0 Å². The van der Waals surface area contributed by atoms with Gasteiger partial charge in [-0.05, 0) is 0 Å². The highest BCUT2D eigenvalue weighted by Gasteiger charge is 1.13. The second-order valence-electron chi connectivity index (χ2n) is 0.0833. The zero-order valence-electron chi connectivity index (χ0n) is 3.03. The maximum Gasteiger partial charge on any atom is 0.373 e. The van der Waals surface area contributed by atoms with Gasteiger partial charge in [0.1, 0.15) is 0 Å². The topological polar surface area (TPSA) is 109 Å². The van der Waals surface area contributed by atoms with Crippen molar-refractivity contribution in [3.63, 3.8) is 0 Å². The van der Waals surface area contributed by atoms with E-state index in [9.17, 15) is 0 Å². The van der Waals surface area contributed by atoms with Gasteiger partial charge in [0.2, 0.25) is 0 Å². The van der Waals surface area contributed by atoms with Crippen LogP contribution in [0.2, 0.25) is 0 Å². The SMILES string of the molecule is C.C.C.O=C=O.O=O.OO. The van der Waals surface area contributed by atoms with Crippen molar-refractivity contribution in [1.29, 1.82) is 0 Å². The minimum Gasteiger partial charge on any atom is -0.255 e. The van der Waals surface area contributed by atoms with Crippen molar-refractivity contribution in [2.45, 2.75) is 22.3 Å². The van der Waals surface area contributed by atoms with Gasteiger partial charge in [0.15, 0.2) is 0 Å². The van der Waals surface area contributed by atoms with Crippen LogP contribution in [0, 0.1) is 9.93 Å². The van der Waals surface area contributed by atoms with Crippen molar-refractivity contribution >= 4 is 6.15 Å². The standard InChI is InChI=1S/CO2.3CH4.H2O2.O2/c2-1-3;;;;2*1-2/h;3*1H4;1-2H;.